The van der Waals surface area contributed by atoms with E-state index in [1.54, 1.807) is 19.1 Å². The van der Waals surface area contributed by atoms with Crippen molar-refractivity contribution < 1.29 is 28.5 Å². The lowest BCUT2D eigenvalue weighted by Gasteiger charge is -2.37. The van der Waals surface area contributed by atoms with Crippen molar-refractivity contribution in [2.45, 2.75) is 52.1 Å². The largest absolute Gasteiger partial charge is 0.486 e. The van der Waals surface area contributed by atoms with Crippen LogP contribution in [0.4, 0.5) is 4.39 Å². The van der Waals surface area contributed by atoms with Gasteiger partial charge in [-0.25, -0.2) is 9.37 Å². The predicted molar refractivity (Wildman–Crippen MR) is 145 cm³/mol. The van der Waals surface area contributed by atoms with Crippen LogP contribution in [-0.2, 0) is 16.0 Å². The first-order valence-corrected chi connectivity index (χ1v) is 13.2. The molecule has 7 heteroatoms. The lowest BCUT2D eigenvalue weighted by molar-refractivity contribution is -0.137. The van der Waals surface area contributed by atoms with Gasteiger partial charge >= 0.3 is 5.97 Å². The van der Waals surface area contributed by atoms with Crippen LogP contribution in [0.5, 0.6) is 11.6 Å². The number of aryl methyl sites for hydroxylation is 1. The molecule has 0 saturated carbocycles. The number of rotatable bonds is 9. The molecule has 0 amide bonds. The van der Waals surface area contributed by atoms with E-state index in [2.05, 4.69) is 23.7 Å². The average molecular weight is 530 g/mol. The Morgan fingerprint density at radius 2 is 1.92 bits per heavy atom. The van der Waals surface area contributed by atoms with E-state index in [9.17, 15) is 9.90 Å². The summed E-state index contributed by atoms with van der Waals surface area (Å²) in [6.45, 7) is 7.70. The van der Waals surface area contributed by atoms with Crippen LogP contribution in [0.1, 0.15) is 61.1 Å². The van der Waals surface area contributed by atoms with Crippen molar-refractivity contribution in [2.75, 3.05) is 19.8 Å². The Kier molecular flexibility index (Phi) is 7.58. The van der Waals surface area contributed by atoms with Gasteiger partial charge in [0.1, 0.15) is 17.7 Å². The van der Waals surface area contributed by atoms with Crippen molar-refractivity contribution in [1.29, 1.82) is 0 Å². The van der Waals surface area contributed by atoms with Crippen LogP contribution in [0.15, 0.2) is 48.5 Å². The summed E-state index contributed by atoms with van der Waals surface area (Å²) in [4.78, 5) is 15.9. The lowest BCUT2D eigenvalue weighted by atomic mass is 9.90. The summed E-state index contributed by atoms with van der Waals surface area (Å²) in [5.74, 6) is 5.35. The van der Waals surface area contributed by atoms with Gasteiger partial charge in [-0.15, -0.1) is 5.92 Å². The number of aromatic nitrogens is 1. The Morgan fingerprint density at radius 3 is 2.56 bits per heavy atom. The second-order valence-corrected chi connectivity index (χ2v) is 10.6. The van der Waals surface area contributed by atoms with Crippen LogP contribution in [0, 0.1) is 30.0 Å². The Hall–Kier alpha value is -3.89. The third kappa shape index (κ3) is 5.76. The third-order valence-electron chi connectivity index (χ3n) is 7.36. The molecule has 202 valence electrons. The molecule has 1 unspecified atom stereocenters. The highest BCUT2D eigenvalue weighted by Gasteiger charge is 2.34. The molecule has 39 heavy (non-hydrogen) atoms. The highest BCUT2D eigenvalue weighted by atomic mass is 19.1. The maximum absolute atomic E-state index is 15.1. The quantitative estimate of drug-likeness (QED) is 0.330. The molecule has 1 fully saturated rings. The number of nitrogens with zero attached hydrogens (tertiary/aromatic N) is 1. The molecule has 1 aromatic heterocycles. The van der Waals surface area contributed by atoms with E-state index in [4.69, 9.17) is 14.2 Å². The van der Waals surface area contributed by atoms with Gasteiger partial charge in [0.2, 0.25) is 5.88 Å². The number of halogens is 1. The van der Waals surface area contributed by atoms with Gasteiger partial charge in [-0.2, -0.15) is 0 Å². The van der Waals surface area contributed by atoms with Crippen LogP contribution in [-0.4, -0.2) is 35.9 Å². The van der Waals surface area contributed by atoms with Gasteiger partial charge in [-0.05, 0) is 67.6 Å². The Balaban J connectivity index is 1.34. The second kappa shape index (κ2) is 11.1. The topological polar surface area (TPSA) is 77.9 Å². The fourth-order valence-corrected chi connectivity index (χ4v) is 5.27. The van der Waals surface area contributed by atoms with Crippen molar-refractivity contribution in [3.05, 3.63) is 76.7 Å². The monoisotopic (exact) mass is 529 g/mol. The first kappa shape index (κ1) is 26.7. The second-order valence-electron chi connectivity index (χ2n) is 10.6. The molecule has 1 aliphatic heterocycles. The molecule has 2 aliphatic rings. The van der Waals surface area contributed by atoms with Gasteiger partial charge in [0, 0.05) is 28.3 Å². The standard InChI is InChI=1S/C32H32FNO5/c1-4-5-22(16-30(35)36)21-6-8-23(9-7-21)39-28-14-11-26-25(10-13-27(33)31(26)28)24-12-15-29(34-20(24)2)38-19-32(3)17-37-18-32/h6-10,12-13,15,22,28H,11,14,16-19H2,1-3H3,(H,35,36)/t22?,28-/m1/s1. The van der Waals surface area contributed by atoms with Gasteiger partial charge < -0.3 is 19.3 Å². The van der Waals surface area contributed by atoms with E-state index in [1.165, 1.54) is 6.07 Å². The Bertz CT molecular complexity index is 1440. The number of carboxylic acids is 1. The molecule has 1 N–H and O–H groups in total. The van der Waals surface area contributed by atoms with E-state index in [-0.39, 0.29) is 17.7 Å². The molecule has 2 atom stereocenters. The SMILES string of the molecule is CC#CC(CC(=O)O)c1ccc(O[C@@H]2CCc3c(-c4ccc(OCC5(C)COC5)nc4C)ccc(F)c32)cc1. The fraction of sp³-hybridized carbons (Fsp3) is 0.375. The summed E-state index contributed by atoms with van der Waals surface area (Å²) >= 11 is 0. The Labute approximate surface area is 228 Å². The highest BCUT2D eigenvalue weighted by molar-refractivity contribution is 5.72. The molecule has 0 radical (unpaired) electrons. The molecule has 1 saturated heterocycles. The summed E-state index contributed by atoms with van der Waals surface area (Å²) in [6.07, 6.45) is 0.856. The molecule has 2 aromatic carbocycles. The Morgan fingerprint density at radius 1 is 1.18 bits per heavy atom. The maximum atomic E-state index is 15.1. The molecule has 5 rings (SSSR count). The molecular formula is C32H32FNO5. The zero-order valence-electron chi connectivity index (χ0n) is 22.4. The van der Waals surface area contributed by atoms with Crippen molar-refractivity contribution in [1.82, 2.24) is 4.98 Å². The summed E-state index contributed by atoms with van der Waals surface area (Å²) in [7, 11) is 0. The van der Waals surface area contributed by atoms with Crippen molar-refractivity contribution in [3.8, 4) is 34.6 Å². The van der Waals surface area contributed by atoms with Crippen molar-refractivity contribution in [3.63, 3.8) is 0 Å². The maximum Gasteiger partial charge on any atom is 0.304 e. The number of hydrogen-bond donors (Lipinski definition) is 1. The minimum absolute atomic E-state index is 0.0329. The predicted octanol–water partition coefficient (Wildman–Crippen LogP) is 6.26. The third-order valence-corrected chi connectivity index (χ3v) is 7.36. The van der Waals surface area contributed by atoms with Gasteiger partial charge in [0.25, 0.3) is 0 Å². The van der Waals surface area contributed by atoms with E-state index >= 15 is 4.39 Å². The number of ether oxygens (including phenoxy) is 3. The molecule has 3 aromatic rings. The van der Waals surface area contributed by atoms with E-state index < -0.39 is 18.0 Å². The molecular weight excluding hydrogens is 497 g/mol. The summed E-state index contributed by atoms with van der Waals surface area (Å²) in [5, 5.41) is 9.19. The first-order valence-electron chi connectivity index (χ1n) is 13.2. The van der Waals surface area contributed by atoms with Crippen LogP contribution in [0.3, 0.4) is 0 Å². The van der Waals surface area contributed by atoms with Gasteiger partial charge in [0.05, 0.1) is 32.2 Å². The number of hydrogen-bond acceptors (Lipinski definition) is 5. The minimum atomic E-state index is -0.900. The van der Waals surface area contributed by atoms with E-state index in [1.807, 2.05) is 37.3 Å². The molecule has 1 aliphatic carbocycles. The number of carboxylic acid groups (broad SMARTS) is 1. The van der Waals surface area contributed by atoms with Crippen LogP contribution >= 0.6 is 0 Å². The fourth-order valence-electron chi connectivity index (χ4n) is 5.27. The zero-order chi connectivity index (χ0) is 27.6. The normalized spacial score (nSPS) is 17.8. The van der Waals surface area contributed by atoms with Crippen LogP contribution < -0.4 is 9.47 Å². The number of aliphatic carboxylic acids is 1. The molecule has 0 spiro atoms. The van der Waals surface area contributed by atoms with Crippen LogP contribution in [0.25, 0.3) is 11.1 Å². The number of benzene rings is 2. The van der Waals surface area contributed by atoms with Crippen molar-refractivity contribution in [2.24, 2.45) is 5.41 Å². The average Bonchev–Trinajstić information content (AvgIpc) is 3.31. The van der Waals surface area contributed by atoms with Crippen LogP contribution in [0.2, 0.25) is 0 Å². The lowest BCUT2D eigenvalue weighted by Crippen LogP contribution is -2.44. The molecule has 2 heterocycles. The minimum Gasteiger partial charge on any atom is -0.486 e. The smallest absolute Gasteiger partial charge is 0.304 e. The molecule has 6 nitrogen and oxygen atoms in total. The summed E-state index contributed by atoms with van der Waals surface area (Å²) in [6, 6.07) is 14.4. The number of pyridine rings is 1. The van der Waals surface area contributed by atoms with E-state index in [0.717, 1.165) is 27.9 Å². The first-order chi connectivity index (χ1) is 18.8. The number of fused-ring (bicyclic) bond motifs is 1. The number of carbonyl (C=O) groups is 1. The van der Waals surface area contributed by atoms with Gasteiger partial charge in [-0.1, -0.05) is 31.0 Å². The van der Waals surface area contributed by atoms with E-state index in [0.29, 0.717) is 49.9 Å². The summed E-state index contributed by atoms with van der Waals surface area (Å²) in [5.41, 5.74) is 5.09. The van der Waals surface area contributed by atoms with Gasteiger partial charge in [0.15, 0.2) is 0 Å². The van der Waals surface area contributed by atoms with Gasteiger partial charge in [-0.3, -0.25) is 4.79 Å². The van der Waals surface area contributed by atoms with Crippen molar-refractivity contribution >= 4 is 5.97 Å². The molecule has 0 bridgehead atoms. The highest BCUT2D eigenvalue weighted by Crippen LogP contribution is 2.42. The zero-order valence-corrected chi connectivity index (χ0v) is 22.4. The summed E-state index contributed by atoms with van der Waals surface area (Å²) < 4.78 is 32.6.